The molecule has 0 radical (unpaired) electrons. The highest BCUT2D eigenvalue weighted by molar-refractivity contribution is 9.08. The molecule has 0 aliphatic rings. The Morgan fingerprint density at radius 1 is 0.677 bits per heavy atom. The van der Waals surface area contributed by atoms with Crippen molar-refractivity contribution in [3.63, 3.8) is 0 Å². The first-order chi connectivity index (χ1) is 30.5. The number of nitrogens with one attached hydrogen (secondary N) is 2. The Morgan fingerprint density at radius 2 is 1.05 bits per heavy atom. The van der Waals surface area contributed by atoms with Crippen LogP contribution < -0.4 is 22.5 Å². The predicted molar refractivity (Wildman–Crippen MR) is 244 cm³/mol. The summed E-state index contributed by atoms with van der Waals surface area (Å²) in [5, 5.41) is 22.8. The van der Waals surface area contributed by atoms with E-state index in [0.29, 0.717) is 74.8 Å². The van der Waals surface area contributed by atoms with Gasteiger partial charge in [-0.2, -0.15) is 36.5 Å². The molecule has 0 unspecified atom stereocenters. The van der Waals surface area contributed by atoms with Gasteiger partial charge < -0.3 is 27.6 Å². The van der Waals surface area contributed by atoms with Gasteiger partial charge in [-0.05, 0) is 96.8 Å². The van der Waals surface area contributed by atoms with Gasteiger partial charge in [0.15, 0.2) is 0 Å². The zero-order valence-electron chi connectivity index (χ0n) is 35.5. The van der Waals surface area contributed by atoms with E-state index >= 15 is 0 Å². The highest BCUT2D eigenvalue weighted by atomic mass is 79.9. The topological polar surface area (TPSA) is 175 Å². The summed E-state index contributed by atoms with van der Waals surface area (Å²) in [4.78, 5) is 26.0. The van der Waals surface area contributed by atoms with Crippen molar-refractivity contribution in [2.24, 2.45) is 5.73 Å². The second kappa shape index (κ2) is 24.9. The lowest BCUT2D eigenvalue weighted by molar-refractivity contribution is -0.138. The summed E-state index contributed by atoms with van der Waals surface area (Å²) in [6.07, 6.45) is -3.69. The molecule has 0 saturated carbocycles. The van der Waals surface area contributed by atoms with Crippen LogP contribution in [-0.2, 0) is 24.2 Å². The molecule has 11 nitrogen and oxygen atoms in total. The molecule has 0 bridgehead atoms. The van der Waals surface area contributed by atoms with Gasteiger partial charge in [-0.1, -0.05) is 90.1 Å². The molecule has 2 atom stereocenters. The lowest BCUT2D eigenvalue weighted by atomic mass is 9.99. The fraction of sp³-hybridized carbons (Fsp3) is 0.289. The molecule has 65 heavy (non-hydrogen) atoms. The van der Waals surface area contributed by atoms with E-state index in [9.17, 15) is 35.9 Å². The van der Waals surface area contributed by atoms with Crippen molar-refractivity contribution < 1.29 is 41.0 Å². The standard InChI is InChI=1S/C22H20BrClF3N3O.C22H22ClF3N4O.CH4O.H3N/c1-2-4-19(14-5-3-6-15(11-14)22(25,26)27)29-21(31)18-13-28-30(20(18)12-23)17-9-7-16(24)8-10-17;1-2-4-19(14-5-3-6-15(11-14)22(24,25)26)29-21(31)18-13-28-30(20(18)12-27)17-9-7-16(23)8-10-17;1-2;/h3,5-11,13,19H,2,4,12H2,1H3,(H,29,31);3,5-11,13,19H,2,4,12,27H2,1H3,(H,29,31);2H,1H3;1H3/t2*19-;;/m00../s1. The molecule has 2 heterocycles. The second-order valence-electron chi connectivity index (χ2n) is 14.0. The summed E-state index contributed by atoms with van der Waals surface area (Å²) < 4.78 is 81.9. The molecule has 6 rings (SSSR count). The molecule has 350 valence electrons. The van der Waals surface area contributed by atoms with Gasteiger partial charge >= 0.3 is 12.4 Å². The lowest BCUT2D eigenvalue weighted by Crippen LogP contribution is -2.29. The number of hydrogen-bond donors (Lipinski definition) is 5. The molecule has 4 aromatic carbocycles. The van der Waals surface area contributed by atoms with E-state index in [-0.39, 0.29) is 18.3 Å². The first kappa shape index (κ1) is 54.1. The monoisotopic (exact) mass is 1010 g/mol. The van der Waals surface area contributed by atoms with Crippen LogP contribution in [0.15, 0.2) is 109 Å². The van der Waals surface area contributed by atoms with Crippen molar-refractivity contribution in [1.29, 1.82) is 0 Å². The zero-order valence-corrected chi connectivity index (χ0v) is 38.6. The van der Waals surface area contributed by atoms with Crippen LogP contribution in [0.4, 0.5) is 26.3 Å². The van der Waals surface area contributed by atoms with Crippen molar-refractivity contribution >= 4 is 50.9 Å². The fourth-order valence-corrected chi connectivity index (χ4v) is 7.41. The van der Waals surface area contributed by atoms with Crippen LogP contribution in [0.5, 0.6) is 0 Å². The maximum atomic E-state index is 13.1. The summed E-state index contributed by atoms with van der Waals surface area (Å²) in [7, 11) is 1.00. The molecule has 0 fully saturated rings. The summed E-state index contributed by atoms with van der Waals surface area (Å²) >= 11 is 15.3. The van der Waals surface area contributed by atoms with Crippen LogP contribution in [0, 0.1) is 0 Å². The first-order valence-corrected chi connectivity index (χ1v) is 21.7. The van der Waals surface area contributed by atoms with Crippen molar-refractivity contribution in [2.75, 3.05) is 7.11 Å². The number of aromatic nitrogens is 4. The van der Waals surface area contributed by atoms with Gasteiger partial charge in [-0.15, -0.1) is 0 Å². The van der Waals surface area contributed by atoms with Crippen molar-refractivity contribution in [3.8, 4) is 11.4 Å². The van der Waals surface area contributed by atoms with E-state index < -0.39 is 47.4 Å². The third-order valence-electron chi connectivity index (χ3n) is 9.69. The van der Waals surface area contributed by atoms with Gasteiger partial charge in [0.1, 0.15) is 0 Å². The van der Waals surface area contributed by atoms with E-state index in [2.05, 4.69) is 36.8 Å². The Balaban J connectivity index is 0.000000328. The Hall–Kier alpha value is -5.24. The molecule has 0 saturated heterocycles. The van der Waals surface area contributed by atoms with Crippen LogP contribution in [0.3, 0.4) is 0 Å². The number of nitrogens with two attached hydrogens (primary N) is 1. The maximum absolute atomic E-state index is 13.1. The summed E-state index contributed by atoms with van der Waals surface area (Å²) in [5.41, 5.74) is 8.34. The molecule has 0 aliphatic carbocycles. The number of halogens is 9. The molecule has 0 aliphatic heterocycles. The van der Waals surface area contributed by atoms with Crippen LogP contribution in [0.2, 0.25) is 10.0 Å². The maximum Gasteiger partial charge on any atom is 0.416 e. The number of hydrogen-bond acceptors (Lipinski definition) is 7. The normalized spacial score (nSPS) is 12.1. The highest BCUT2D eigenvalue weighted by Crippen LogP contribution is 2.33. The predicted octanol–water partition coefficient (Wildman–Crippen LogP) is 11.8. The van der Waals surface area contributed by atoms with Gasteiger partial charge in [0.25, 0.3) is 11.8 Å². The number of nitrogens with zero attached hydrogens (tertiary/aromatic N) is 4. The summed E-state index contributed by atoms with van der Waals surface area (Å²) in [6, 6.07) is 22.8. The molecule has 6 aromatic rings. The van der Waals surface area contributed by atoms with E-state index in [1.807, 2.05) is 13.8 Å². The van der Waals surface area contributed by atoms with Gasteiger partial charge in [0, 0.05) is 29.0 Å². The highest BCUT2D eigenvalue weighted by Gasteiger charge is 2.32. The Bertz CT molecular complexity index is 2280. The average molecular weight is 1010 g/mol. The number of aliphatic hydroxyl groups is 1. The van der Waals surface area contributed by atoms with Crippen molar-refractivity contribution in [3.05, 3.63) is 164 Å². The third-order valence-corrected chi connectivity index (χ3v) is 10.7. The van der Waals surface area contributed by atoms with E-state index in [1.165, 1.54) is 24.5 Å². The van der Waals surface area contributed by atoms with Crippen LogP contribution in [-0.4, -0.2) is 43.6 Å². The quantitative estimate of drug-likeness (QED) is 0.0533. The zero-order chi connectivity index (χ0) is 47.2. The van der Waals surface area contributed by atoms with Gasteiger partial charge in [-0.3, -0.25) is 9.59 Å². The number of alkyl halides is 7. The Kier molecular flexibility index (Phi) is 20.7. The largest absolute Gasteiger partial charge is 0.416 e. The number of carbonyl (C=O) groups is 2. The number of amides is 2. The van der Waals surface area contributed by atoms with E-state index in [4.69, 9.17) is 34.0 Å². The number of rotatable bonds is 14. The molecule has 0 spiro atoms. The Morgan fingerprint density at radius 3 is 1.38 bits per heavy atom. The summed E-state index contributed by atoms with van der Waals surface area (Å²) in [5.74, 6) is -0.845. The average Bonchev–Trinajstić information content (AvgIpc) is 3.92. The number of benzene rings is 4. The van der Waals surface area contributed by atoms with E-state index in [0.717, 1.165) is 37.1 Å². The minimum Gasteiger partial charge on any atom is -0.400 e. The van der Waals surface area contributed by atoms with Crippen LogP contribution in [0.25, 0.3) is 11.4 Å². The minimum atomic E-state index is -4.46. The lowest BCUT2D eigenvalue weighted by Gasteiger charge is -2.20. The SMILES string of the molecule is CCC[C@H](NC(=O)c1cnn(-c2ccc(Cl)cc2)c1CBr)c1cccc(C(F)(F)F)c1.CCC[C@H](NC(=O)c1cnn(-c2ccc(Cl)cc2)c1CN)c1cccc(C(F)(F)F)c1.CO.N. The van der Waals surface area contributed by atoms with Crippen LogP contribution in [0.1, 0.15) is 106 Å². The van der Waals surface area contributed by atoms with Gasteiger partial charge in [-0.25, -0.2) is 9.36 Å². The molecule has 2 aromatic heterocycles. The summed E-state index contributed by atoms with van der Waals surface area (Å²) in [6.45, 7) is 3.86. The first-order valence-electron chi connectivity index (χ1n) is 19.8. The Labute approximate surface area is 391 Å². The van der Waals surface area contributed by atoms with Crippen LogP contribution >= 0.6 is 39.1 Å². The number of carbonyl (C=O) groups excluding carboxylic acids is 2. The van der Waals surface area contributed by atoms with E-state index in [1.54, 1.807) is 70.0 Å². The molecule has 2 amide bonds. The smallest absolute Gasteiger partial charge is 0.400 e. The van der Waals surface area contributed by atoms with Gasteiger partial charge in [0.2, 0.25) is 0 Å². The molecule has 8 N–H and O–H groups in total. The fourth-order valence-electron chi connectivity index (χ4n) is 6.62. The molecular formula is C45H49BrCl2F6N8O3. The van der Waals surface area contributed by atoms with Crippen molar-refractivity contribution in [1.82, 2.24) is 36.3 Å². The third kappa shape index (κ3) is 14.4. The second-order valence-corrected chi connectivity index (χ2v) is 15.4. The van der Waals surface area contributed by atoms with Gasteiger partial charge in [0.05, 0.1) is 69.5 Å². The van der Waals surface area contributed by atoms with Crippen molar-refractivity contribution in [2.45, 2.75) is 75.8 Å². The molecule has 20 heteroatoms. The number of aliphatic hydroxyl groups excluding tert-OH is 1. The molecular weight excluding hydrogens is 965 g/mol. The minimum absolute atomic E-state index is 0.